The number of nitrogens with zero attached hydrogens (tertiary/aromatic N) is 1. The molecule has 2 amide bonds. The number of benzene rings is 2. The number of nitrogens with one attached hydrogen (secondary N) is 2. The molecular weight excluding hydrogens is 392 g/mol. The van der Waals surface area contributed by atoms with E-state index in [-0.39, 0.29) is 30.7 Å². The number of anilines is 2. The topological polar surface area (TPSA) is 70.7 Å². The van der Waals surface area contributed by atoms with Gasteiger partial charge in [-0.25, -0.2) is 8.78 Å². The Morgan fingerprint density at radius 1 is 1.13 bits per heavy atom. The molecule has 1 atom stereocenters. The molecule has 0 fully saturated rings. The Labute approximate surface area is 174 Å². The first-order valence-corrected chi connectivity index (χ1v) is 9.96. The van der Waals surface area contributed by atoms with Gasteiger partial charge in [-0.3, -0.25) is 9.59 Å². The first-order chi connectivity index (χ1) is 14.4. The van der Waals surface area contributed by atoms with Crippen molar-refractivity contribution in [3.63, 3.8) is 0 Å². The maximum atomic E-state index is 13.4. The molecule has 0 aromatic heterocycles. The molecule has 8 heteroatoms. The maximum Gasteiger partial charge on any atom is 0.263 e. The second kappa shape index (κ2) is 9.56. The van der Waals surface area contributed by atoms with Crippen molar-refractivity contribution in [2.45, 2.75) is 38.8 Å². The Morgan fingerprint density at radius 3 is 2.47 bits per heavy atom. The monoisotopic (exact) mass is 417 g/mol. The van der Waals surface area contributed by atoms with Gasteiger partial charge in [0.05, 0.1) is 18.8 Å². The highest BCUT2D eigenvalue weighted by atomic mass is 19.1. The minimum Gasteiger partial charge on any atom is -0.477 e. The lowest BCUT2D eigenvalue weighted by Gasteiger charge is -2.35. The Balaban J connectivity index is 1.73. The molecule has 2 aromatic carbocycles. The number of carbonyl (C=O) groups is 2. The highest BCUT2D eigenvalue weighted by Crippen LogP contribution is 2.33. The van der Waals surface area contributed by atoms with E-state index < -0.39 is 23.6 Å². The molecule has 2 N–H and O–H groups in total. The fraction of sp³-hybridized carbons (Fsp3) is 0.364. The van der Waals surface area contributed by atoms with E-state index in [1.165, 1.54) is 0 Å². The van der Waals surface area contributed by atoms with Crippen LogP contribution < -0.4 is 20.3 Å². The summed E-state index contributed by atoms with van der Waals surface area (Å²) in [6.45, 7) is 4.07. The summed E-state index contributed by atoms with van der Waals surface area (Å²) in [5.41, 5.74) is 0.701. The average molecular weight is 417 g/mol. The first-order valence-electron chi connectivity index (χ1n) is 9.96. The minimum absolute atomic E-state index is 0.0297. The summed E-state index contributed by atoms with van der Waals surface area (Å²) in [4.78, 5) is 26.9. The molecule has 0 bridgehead atoms. The van der Waals surface area contributed by atoms with Gasteiger partial charge in [0, 0.05) is 17.8 Å². The number of carbonyl (C=O) groups excluding carboxylic acids is 2. The molecule has 1 unspecified atom stereocenters. The van der Waals surface area contributed by atoms with E-state index in [1.54, 1.807) is 29.2 Å². The molecule has 160 valence electrons. The molecule has 0 radical (unpaired) electrons. The fourth-order valence-corrected chi connectivity index (χ4v) is 3.38. The summed E-state index contributed by atoms with van der Waals surface area (Å²) in [7, 11) is 0. The molecule has 6 nitrogen and oxygen atoms in total. The molecule has 0 aliphatic carbocycles. The molecule has 1 aliphatic heterocycles. The Morgan fingerprint density at radius 2 is 1.80 bits per heavy atom. The van der Waals surface area contributed by atoms with Crippen molar-refractivity contribution >= 4 is 23.2 Å². The van der Waals surface area contributed by atoms with Gasteiger partial charge in [-0.2, -0.15) is 0 Å². The van der Waals surface area contributed by atoms with Crippen LogP contribution in [0.15, 0.2) is 42.5 Å². The Kier molecular flexibility index (Phi) is 6.87. The van der Waals surface area contributed by atoms with Gasteiger partial charge in [0.2, 0.25) is 5.91 Å². The zero-order valence-electron chi connectivity index (χ0n) is 17.0. The number of para-hydroxylation sites is 2. The predicted octanol–water partition coefficient (Wildman–Crippen LogP) is 3.48. The lowest BCUT2D eigenvalue weighted by Crippen LogP contribution is -2.52. The molecule has 1 aliphatic rings. The maximum absolute atomic E-state index is 13.4. The van der Waals surface area contributed by atoms with E-state index >= 15 is 0 Å². The van der Waals surface area contributed by atoms with Gasteiger partial charge in [0.25, 0.3) is 5.91 Å². The normalized spacial score (nSPS) is 15.4. The fourth-order valence-electron chi connectivity index (χ4n) is 3.38. The highest BCUT2D eigenvalue weighted by Gasteiger charge is 2.32. The molecule has 2 aromatic rings. The third-order valence-electron chi connectivity index (χ3n) is 4.97. The lowest BCUT2D eigenvalue weighted by molar-refractivity contribution is -0.129. The van der Waals surface area contributed by atoms with Crippen LogP contribution in [0.2, 0.25) is 0 Å². The summed E-state index contributed by atoms with van der Waals surface area (Å²) < 4.78 is 32.6. The first kappa shape index (κ1) is 21.5. The third kappa shape index (κ3) is 5.25. The zero-order valence-corrected chi connectivity index (χ0v) is 17.0. The summed E-state index contributed by atoms with van der Waals surface area (Å²) in [5, 5.41) is 5.46. The van der Waals surface area contributed by atoms with Crippen LogP contribution in [-0.2, 0) is 9.59 Å². The van der Waals surface area contributed by atoms with E-state index in [2.05, 4.69) is 10.6 Å². The predicted molar refractivity (Wildman–Crippen MR) is 111 cm³/mol. The van der Waals surface area contributed by atoms with Gasteiger partial charge in [-0.05, 0) is 37.1 Å². The van der Waals surface area contributed by atoms with Crippen LogP contribution in [0.5, 0.6) is 5.75 Å². The van der Waals surface area contributed by atoms with Crippen molar-refractivity contribution in [1.29, 1.82) is 0 Å². The molecule has 1 heterocycles. The van der Waals surface area contributed by atoms with Crippen molar-refractivity contribution < 1.29 is 23.1 Å². The second-order valence-electron chi connectivity index (χ2n) is 7.18. The molecule has 30 heavy (non-hydrogen) atoms. The van der Waals surface area contributed by atoms with Gasteiger partial charge >= 0.3 is 0 Å². The second-order valence-corrected chi connectivity index (χ2v) is 7.18. The molecule has 0 spiro atoms. The molecule has 0 saturated carbocycles. The van der Waals surface area contributed by atoms with Gasteiger partial charge in [-0.15, -0.1) is 0 Å². The van der Waals surface area contributed by atoms with E-state index in [9.17, 15) is 18.4 Å². The van der Waals surface area contributed by atoms with Crippen molar-refractivity contribution in [2.75, 3.05) is 23.3 Å². The largest absolute Gasteiger partial charge is 0.477 e. The number of hydrogen-bond donors (Lipinski definition) is 2. The van der Waals surface area contributed by atoms with Crippen LogP contribution in [0.1, 0.15) is 26.7 Å². The number of ether oxygens (including phenoxy) is 1. The van der Waals surface area contributed by atoms with E-state index in [0.717, 1.165) is 31.0 Å². The minimum atomic E-state index is -0.778. The van der Waals surface area contributed by atoms with Gasteiger partial charge in [0.15, 0.2) is 6.10 Å². The number of hydrogen-bond acceptors (Lipinski definition) is 4. The number of rotatable bonds is 7. The summed E-state index contributed by atoms with van der Waals surface area (Å²) in [6, 6.07) is 9.99. The third-order valence-corrected chi connectivity index (χ3v) is 4.97. The SMILES string of the molecule is CCC(CC)NC(=O)C1CN(CC(=O)Nc2cc(F)cc(F)c2)c2ccccc2O1. The van der Waals surface area contributed by atoms with Crippen LogP contribution in [0, 0.1) is 11.6 Å². The van der Waals surface area contributed by atoms with Crippen LogP contribution in [-0.4, -0.2) is 37.0 Å². The molecule has 0 saturated heterocycles. The van der Waals surface area contributed by atoms with Crippen molar-refractivity contribution in [2.24, 2.45) is 0 Å². The van der Waals surface area contributed by atoms with Crippen LogP contribution >= 0.6 is 0 Å². The zero-order chi connectivity index (χ0) is 21.7. The molecular formula is C22H25F2N3O3. The standard InChI is InChI=1S/C22H25F2N3O3/c1-3-16(4-2)26-22(29)20-12-27(18-7-5-6-8-19(18)30-20)13-21(28)25-17-10-14(23)9-15(24)11-17/h5-11,16,20H,3-4,12-13H2,1-2H3,(H,25,28)(H,26,29). The van der Waals surface area contributed by atoms with Gasteiger partial charge in [-0.1, -0.05) is 26.0 Å². The van der Waals surface area contributed by atoms with Gasteiger partial charge in [0.1, 0.15) is 17.4 Å². The summed E-state index contributed by atoms with van der Waals surface area (Å²) in [5.74, 6) is -1.76. The lowest BCUT2D eigenvalue weighted by atomic mass is 10.1. The van der Waals surface area contributed by atoms with Crippen molar-refractivity contribution in [1.82, 2.24) is 5.32 Å². The van der Waals surface area contributed by atoms with Crippen molar-refractivity contribution in [3.05, 3.63) is 54.1 Å². The molecule has 3 rings (SSSR count). The van der Waals surface area contributed by atoms with Crippen LogP contribution in [0.3, 0.4) is 0 Å². The van der Waals surface area contributed by atoms with Crippen LogP contribution in [0.25, 0.3) is 0 Å². The summed E-state index contributed by atoms with van der Waals surface area (Å²) >= 11 is 0. The smallest absolute Gasteiger partial charge is 0.263 e. The van der Waals surface area contributed by atoms with E-state index in [0.29, 0.717) is 11.4 Å². The van der Waals surface area contributed by atoms with Gasteiger partial charge < -0.3 is 20.3 Å². The summed E-state index contributed by atoms with van der Waals surface area (Å²) in [6.07, 6.45) is 0.837. The van der Waals surface area contributed by atoms with E-state index in [4.69, 9.17) is 4.74 Å². The average Bonchev–Trinajstić information content (AvgIpc) is 2.70. The number of amides is 2. The highest BCUT2D eigenvalue weighted by molar-refractivity contribution is 5.95. The van der Waals surface area contributed by atoms with Crippen molar-refractivity contribution in [3.8, 4) is 5.75 Å². The Hall–Kier alpha value is -3.16. The quantitative estimate of drug-likeness (QED) is 0.724. The Bertz CT molecular complexity index is 898. The number of fused-ring (bicyclic) bond motifs is 1. The van der Waals surface area contributed by atoms with E-state index in [1.807, 2.05) is 13.8 Å². The van der Waals surface area contributed by atoms with Crippen LogP contribution in [0.4, 0.5) is 20.2 Å². The number of halogens is 2.